The normalized spacial score (nSPS) is 12.8. The number of amides is 1. The van der Waals surface area contributed by atoms with Gasteiger partial charge in [0.25, 0.3) is 0 Å². The molecule has 0 saturated carbocycles. The van der Waals surface area contributed by atoms with E-state index in [0.29, 0.717) is 6.42 Å². The van der Waals surface area contributed by atoms with Gasteiger partial charge in [0.1, 0.15) is 12.4 Å². The summed E-state index contributed by atoms with van der Waals surface area (Å²) in [7, 11) is 0. The third-order valence-corrected chi connectivity index (χ3v) is 1.56. The molecule has 0 aliphatic rings. The number of hydrogen-bond acceptors (Lipinski definition) is 4. The molecular weight excluding hydrogens is 158 g/mol. The van der Waals surface area contributed by atoms with Gasteiger partial charge >= 0.3 is 0 Å². The van der Waals surface area contributed by atoms with Gasteiger partial charge in [-0.05, 0) is 6.42 Å². The fourth-order valence-corrected chi connectivity index (χ4v) is 0.957. The maximum Gasteiger partial charge on any atom is 0.242 e. The van der Waals surface area contributed by atoms with Crippen molar-refractivity contribution in [3.63, 3.8) is 0 Å². The molecule has 0 bridgehead atoms. The van der Waals surface area contributed by atoms with Crippen molar-refractivity contribution >= 4 is 11.9 Å². The molecule has 1 aromatic heterocycles. The summed E-state index contributed by atoms with van der Waals surface area (Å²) in [6.45, 7) is 1.84. The molecule has 66 valence electrons. The van der Waals surface area contributed by atoms with Crippen LogP contribution in [0.1, 0.15) is 19.4 Å². The summed E-state index contributed by atoms with van der Waals surface area (Å²) in [6, 6.07) is -0.449. The zero-order valence-corrected chi connectivity index (χ0v) is 6.77. The molecule has 0 aliphatic heterocycles. The number of anilines is 1. The lowest BCUT2D eigenvalue weighted by Crippen LogP contribution is -2.26. The summed E-state index contributed by atoms with van der Waals surface area (Å²) < 4.78 is 1.37. The Hall–Kier alpha value is -1.59. The van der Waals surface area contributed by atoms with Crippen LogP contribution in [0.2, 0.25) is 0 Å². The summed E-state index contributed by atoms with van der Waals surface area (Å²) in [5, 5.41) is 3.79. The predicted molar refractivity (Wildman–Crippen MR) is 43.0 cm³/mol. The van der Waals surface area contributed by atoms with Crippen molar-refractivity contribution in [2.45, 2.75) is 19.4 Å². The van der Waals surface area contributed by atoms with Gasteiger partial charge in [0.15, 0.2) is 0 Å². The molecule has 0 radical (unpaired) electrons. The van der Waals surface area contributed by atoms with Gasteiger partial charge in [-0.2, -0.15) is 0 Å². The Morgan fingerprint density at radius 3 is 2.83 bits per heavy atom. The minimum Gasteiger partial charge on any atom is -0.368 e. The van der Waals surface area contributed by atoms with Crippen molar-refractivity contribution in [3.8, 4) is 0 Å². The highest BCUT2D eigenvalue weighted by atomic mass is 16.1. The molecule has 4 N–H and O–H groups in total. The standard InChI is InChI=1S/C6H11N5O/c1-2-4(5(7)12)11-3-9-6(8)10-11/h3-4H,2H2,1H3,(H2,7,12)(H2,8,10). The van der Waals surface area contributed by atoms with Gasteiger partial charge in [0, 0.05) is 0 Å². The lowest BCUT2D eigenvalue weighted by molar-refractivity contribution is -0.121. The van der Waals surface area contributed by atoms with Crippen molar-refractivity contribution in [3.05, 3.63) is 6.33 Å². The van der Waals surface area contributed by atoms with E-state index in [4.69, 9.17) is 11.5 Å². The lowest BCUT2D eigenvalue weighted by Gasteiger charge is -2.08. The van der Waals surface area contributed by atoms with E-state index in [2.05, 4.69) is 10.1 Å². The van der Waals surface area contributed by atoms with Crippen LogP contribution >= 0.6 is 0 Å². The maximum atomic E-state index is 10.8. The minimum atomic E-state index is -0.449. The second kappa shape index (κ2) is 3.21. The first-order valence-electron chi connectivity index (χ1n) is 3.61. The zero-order chi connectivity index (χ0) is 9.14. The summed E-state index contributed by atoms with van der Waals surface area (Å²) >= 11 is 0. The van der Waals surface area contributed by atoms with E-state index >= 15 is 0 Å². The first-order valence-corrected chi connectivity index (χ1v) is 3.61. The van der Waals surface area contributed by atoms with E-state index < -0.39 is 11.9 Å². The molecule has 0 fully saturated rings. The average molecular weight is 169 g/mol. The van der Waals surface area contributed by atoms with Crippen LogP contribution in [-0.4, -0.2) is 20.7 Å². The van der Waals surface area contributed by atoms with Crippen molar-refractivity contribution in [2.24, 2.45) is 5.73 Å². The largest absolute Gasteiger partial charge is 0.368 e. The second-order valence-corrected chi connectivity index (χ2v) is 2.41. The average Bonchev–Trinajstić information content (AvgIpc) is 2.37. The van der Waals surface area contributed by atoms with E-state index in [9.17, 15) is 4.79 Å². The van der Waals surface area contributed by atoms with Crippen molar-refractivity contribution in [2.75, 3.05) is 5.73 Å². The molecule has 1 atom stereocenters. The Balaban J connectivity index is 2.87. The molecular formula is C6H11N5O. The molecule has 1 aromatic rings. The van der Waals surface area contributed by atoms with Crippen molar-refractivity contribution < 1.29 is 4.79 Å². The third-order valence-electron chi connectivity index (χ3n) is 1.56. The first-order chi connectivity index (χ1) is 5.65. The molecule has 0 aromatic carbocycles. The number of carbonyl (C=O) groups excluding carboxylic acids is 1. The fourth-order valence-electron chi connectivity index (χ4n) is 0.957. The summed E-state index contributed by atoms with van der Waals surface area (Å²) in [5.41, 5.74) is 10.4. The lowest BCUT2D eigenvalue weighted by atomic mass is 10.2. The summed E-state index contributed by atoms with van der Waals surface area (Å²) in [6.07, 6.45) is 1.98. The monoisotopic (exact) mass is 169 g/mol. The highest BCUT2D eigenvalue weighted by Gasteiger charge is 2.15. The van der Waals surface area contributed by atoms with Gasteiger partial charge < -0.3 is 11.5 Å². The van der Waals surface area contributed by atoms with E-state index in [-0.39, 0.29) is 5.95 Å². The van der Waals surface area contributed by atoms with Crippen LogP contribution < -0.4 is 11.5 Å². The Morgan fingerprint density at radius 2 is 2.50 bits per heavy atom. The first kappa shape index (κ1) is 8.51. The summed E-state index contributed by atoms with van der Waals surface area (Å²) in [4.78, 5) is 14.5. The van der Waals surface area contributed by atoms with Crippen LogP contribution in [0.4, 0.5) is 5.95 Å². The molecule has 6 heteroatoms. The number of carbonyl (C=O) groups is 1. The maximum absolute atomic E-state index is 10.8. The van der Waals surface area contributed by atoms with Crippen LogP contribution in [0.3, 0.4) is 0 Å². The van der Waals surface area contributed by atoms with Crippen molar-refractivity contribution in [1.82, 2.24) is 14.8 Å². The van der Waals surface area contributed by atoms with E-state index in [1.54, 1.807) is 0 Å². The van der Waals surface area contributed by atoms with Crippen LogP contribution in [-0.2, 0) is 4.79 Å². The summed E-state index contributed by atoms with van der Waals surface area (Å²) in [5.74, 6) is -0.280. The topological polar surface area (TPSA) is 99.8 Å². The Kier molecular flexibility index (Phi) is 2.27. The van der Waals surface area contributed by atoms with Gasteiger partial charge in [0.2, 0.25) is 11.9 Å². The molecule has 0 spiro atoms. The van der Waals surface area contributed by atoms with E-state index in [0.717, 1.165) is 0 Å². The van der Waals surface area contributed by atoms with Gasteiger partial charge in [-0.15, -0.1) is 5.10 Å². The van der Waals surface area contributed by atoms with Crippen LogP contribution in [0.25, 0.3) is 0 Å². The fraction of sp³-hybridized carbons (Fsp3) is 0.500. The number of hydrogen-bond donors (Lipinski definition) is 2. The third kappa shape index (κ3) is 1.52. The second-order valence-electron chi connectivity index (χ2n) is 2.41. The smallest absolute Gasteiger partial charge is 0.242 e. The van der Waals surface area contributed by atoms with Crippen LogP contribution in [0.5, 0.6) is 0 Å². The molecule has 1 unspecified atom stereocenters. The number of nitrogen functional groups attached to an aromatic ring is 1. The SMILES string of the molecule is CCC(C(N)=O)n1cnc(N)n1. The number of nitrogens with zero attached hydrogens (tertiary/aromatic N) is 3. The molecule has 12 heavy (non-hydrogen) atoms. The van der Waals surface area contributed by atoms with E-state index in [1.165, 1.54) is 11.0 Å². The number of primary amides is 1. The van der Waals surface area contributed by atoms with Gasteiger partial charge in [-0.25, -0.2) is 9.67 Å². The van der Waals surface area contributed by atoms with Crippen LogP contribution in [0.15, 0.2) is 6.33 Å². The quantitative estimate of drug-likeness (QED) is 0.624. The Labute approximate surface area is 69.6 Å². The Bertz CT molecular complexity index is 281. The van der Waals surface area contributed by atoms with Gasteiger partial charge in [0.05, 0.1) is 0 Å². The van der Waals surface area contributed by atoms with E-state index in [1.807, 2.05) is 6.92 Å². The zero-order valence-electron chi connectivity index (χ0n) is 6.77. The molecule has 1 heterocycles. The molecule has 1 rings (SSSR count). The highest BCUT2D eigenvalue weighted by molar-refractivity contribution is 5.78. The van der Waals surface area contributed by atoms with Gasteiger partial charge in [-0.1, -0.05) is 6.92 Å². The Morgan fingerprint density at radius 1 is 1.83 bits per heavy atom. The van der Waals surface area contributed by atoms with Crippen LogP contribution in [0, 0.1) is 0 Å². The number of nitrogens with two attached hydrogens (primary N) is 2. The molecule has 0 aliphatic carbocycles. The van der Waals surface area contributed by atoms with Gasteiger partial charge in [-0.3, -0.25) is 4.79 Å². The van der Waals surface area contributed by atoms with Crippen molar-refractivity contribution in [1.29, 1.82) is 0 Å². The predicted octanol–water partition coefficient (Wildman–Crippen LogP) is -0.703. The molecule has 1 amide bonds. The minimum absolute atomic E-state index is 0.148. The highest BCUT2D eigenvalue weighted by Crippen LogP contribution is 2.08. The number of aromatic nitrogens is 3. The molecule has 6 nitrogen and oxygen atoms in total. The molecule has 0 saturated heterocycles. The number of rotatable bonds is 3.